The topological polar surface area (TPSA) is 38.0 Å². The van der Waals surface area contributed by atoms with Crippen LogP contribution in [0.2, 0.25) is 5.15 Å². The molecule has 0 aliphatic carbocycles. The van der Waals surface area contributed by atoms with Crippen LogP contribution in [0.25, 0.3) is 0 Å². The normalized spacial score (nSPS) is 13.0. The molecule has 2 rings (SSSR count). The summed E-state index contributed by atoms with van der Waals surface area (Å²) in [6.45, 7) is 3.96. The first kappa shape index (κ1) is 16.5. The minimum Gasteiger partial charge on any atom is -0.388 e. The number of rotatable bonds is 4. The SMILES string of the molecule is CC(C)c1nn(C)c(Cl)c1C(O)Cc1cc(Br)ccc1F. The van der Waals surface area contributed by atoms with Crippen molar-refractivity contribution in [1.29, 1.82) is 0 Å². The van der Waals surface area contributed by atoms with Crippen molar-refractivity contribution in [1.82, 2.24) is 9.78 Å². The van der Waals surface area contributed by atoms with E-state index in [0.717, 1.165) is 10.2 Å². The van der Waals surface area contributed by atoms with E-state index >= 15 is 0 Å². The number of hydrogen-bond donors (Lipinski definition) is 1. The Hall–Kier alpha value is -0.910. The molecule has 0 bridgehead atoms. The van der Waals surface area contributed by atoms with Crippen molar-refractivity contribution in [3.63, 3.8) is 0 Å². The first-order valence-electron chi connectivity index (χ1n) is 6.65. The van der Waals surface area contributed by atoms with Crippen molar-refractivity contribution < 1.29 is 9.50 Å². The van der Waals surface area contributed by atoms with Crippen LogP contribution in [0.4, 0.5) is 4.39 Å². The zero-order valence-electron chi connectivity index (χ0n) is 12.1. The molecule has 1 aromatic carbocycles. The fourth-order valence-electron chi connectivity index (χ4n) is 2.28. The zero-order valence-corrected chi connectivity index (χ0v) is 14.4. The first-order valence-corrected chi connectivity index (χ1v) is 7.82. The standard InChI is InChI=1S/C15H17BrClFN2O/c1-8(2)14-13(15(17)20(3)19-14)12(21)7-9-6-10(16)4-5-11(9)18/h4-6,8,12,21H,7H2,1-3H3. The van der Waals surface area contributed by atoms with Gasteiger partial charge < -0.3 is 5.11 Å². The molecule has 0 amide bonds. The fourth-order valence-corrected chi connectivity index (χ4v) is 2.95. The molecule has 1 aromatic heterocycles. The van der Waals surface area contributed by atoms with Gasteiger partial charge in [0.2, 0.25) is 0 Å². The average molecular weight is 376 g/mol. The van der Waals surface area contributed by atoms with E-state index in [1.807, 2.05) is 13.8 Å². The van der Waals surface area contributed by atoms with E-state index in [4.69, 9.17) is 11.6 Å². The van der Waals surface area contributed by atoms with E-state index in [9.17, 15) is 9.50 Å². The number of aromatic nitrogens is 2. The van der Waals surface area contributed by atoms with Gasteiger partial charge in [0.1, 0.15) is 11.0 Å². The number of aliphatic hydroxyl groups excluding tert-OH is 1. The second-order valence-corrected chi connectivity index (χ2v) is 6.60. The number of aryl methyl sites for hydroxylation is 1. The molecule has 0 aliphatic rings. The molecule has 114 valence electrons. The molecule has 21 heavy (non-hydrogen) atoms. The highest BCUT2D eigenvalue weighted by atomic mass is 79.9. The summed E-state index contributed by atoms with van der Waals surface area (Å²) in [4.78, 5) is 0. The van der Waals surface area contributed by atoms with Crippen LogP contribution in [0.3, 0.4) is 0 Å². The van der Waals surface area contributed by atoms with Crippen LogP contribution in [0.15, 0.2) is 22.7 Å². The maximum atomic E-state index is 13.8. The Kier molecular flexibility index (Phi) is 5.07. The van der Waals surface area contributed by atoms with Crippen LogP contribution < -0.4 is 0 Å². The van der Waals surface area contributed by atoms with Crippen LogP contribution >= 0.6 is 27.5 Å². The van der Waals surface area contributed by atoms with Crippen LogP contribution in [0.5, 0.6) is 0 Å². The quantitative estimate of drug-likeness (QED) is 0.861. The summed E-state index contributed by atoms with van der Waals surface area (Å²) in [6.07, 6.45) is -0.747. The summed E-state index contributed by atoms with van der Waals surface area (Å²) in [5, 5.41) is 15.2. The first-order chi connectivity index (χ1) is 9.81. The lowest BCUT2D eigenvalue weighted by molar-refractivity contribution is 0.175. The molecular weight excluding hydrogens is 359 g/mol. The van der Waals surface area contributed by atoms with Gasteiger partial charge in [-0.25, -0.2) is 4.39 Å². The monoisotopic (exact) mass is 374 g/mol. The predicted octanol–water partition coefficient (Wildman–Crippen LogP) is 4.37. The lowest BCUT2D eigenvalue weighted by Gasteiger charge is -2.14. The number of aliphatic hydroxyl groups is 1. The largest absolute Gasteiger partial charge is 0.388 e. The van der Waals surface area contributed by atoms with E-state index in [0.29, 0.717) is 16.3 Å². The highest BCUT2D eigenvalue weighted by molar-refractivity contribution is 9.10. The van der Waals surface area contributed by atoms with Gasteiger partial charge >= 0.3 is 0 Å². The van der Waals surface area contributed by atoms with E-state index in [-0.39, 0.29) is 18.2 Å². The molecule has 2 aromatic rings. The summed E-state index contributed by atoms with van der Waals surface area (Å²) in [5.74, 6) is -0.218. The second kappa shape index (κ2) is 6.46. The Bertz CT molecular complexity index is 657. The summed E-state index contributed by atoms with van der Waals surface area (Å²) >= 11 is 9.54. The zero-order chi connectivity index (χ0) is 15.7. The lowest BCUT2D eigenvalue weighted by Crippen LogP contribution is -2.07. The van der Waals surface area contributed by atoms with Gasteiger partial charge in [-0.2, -0.15) is 5.10 Å². The van der Waals surface area contributed by atoms with Gasteiger partial charge in [-0.15, -0.1) is 0 Å². The summed E-state index contributed by atoms with van der Waals surface area (Å²) in [5.41, 5.74) is 1.76. The van der Waals surface area contributed by atoms with Crippen molar-refractivity contribution in [2.75, 3.05) is 0 Å². The van der Waals surface area contributed by atoms with E-state index in [2.05, 4.69) is 21.0 Å². The Balaban J connectivity index is 2.36. The van der Waals surface area contributed by atoms with E-state index < -0.39 is 6.10 Å². The van der Waals surface area contributed by atoms with Gasteiger partial charge in [0.05, 0.1) is 11.8 Å². The Labute approximate surface area is 136 Å². The van der Waals surface area contributed by atoms with Crippen LogP contribution in [-0.4, -0.2) is 14.9 Å². The minimum atomic E-state index is -0.896. The predicted molar refractivity (Wildman–Crippen MR) is 85.1 cm³/mol. The third-order valence-corrected chi connectivity index (χ3v) is 4.28. The van der Waals surface area contributed by atoms with Gasteiger partial charge in [0.15, 0.2) is 0 Å². The van der Waals surface area contributed by atoms with Crippen LogP contribution in [0, 0.1) is 5.82 Å². The van der Waals surface area contributed by atoms with Gasteiger partial charge in [0, 0.05) is 23.5 Å². The van der Waals surface area contributed by atoms with Crippen LogP contribution in [0.1, 0.15) is 42.7 Å². The maximum absolute atomic E-state index is 13.8. The Morgan fingerprint density at radius 2 is 2.10 bits per heavy atom. The van der Waals surface area contributed by atoms with Crippen molar-refractivity contribution in [2.45, 2.75) is 32.3 Å². The summed E-state index contributed by atoms with van der Waals surface area (Å²) in [6, 6.07) is 4.67. The van der Waals surface area contributed by atoms with E-state index in [1.165, 1.54) is 10.7 Å². The average Bonchev–Trinajstić information content (AvgIpc) is 2.70. The molecular formula is C15H17BrClFN2O. The van der Waals surface area contributed by atoms with Crippen molar-refractivity contribution in [3.05, 3.63) is 50.5 Å². The molecule has 0 saturated carbocycles. The molecule has 1 N–H and O–H groups in total. The molecule has 1 atom stereocenters. The lowest BCUT2D eigenvalue weighted by atomic mass is 9.97. The highest BCUT2D eigenvalue weighted by Gasteiger charge is 2.24. The number of benzene rings is 1. The van der Waals surface area contributed by atoms with Crippen molar-refractivity contribution in [2.24, 2.45) is 7.05 Å². The highest BCUT2D eigenvalue weighted by Crippen LogP contribution is 2.33. The molecule has 0 spiro atoms. The third-order valence-electron chi connectivity index (χ3n) is 3.34. The smallest absolute Gasteiger partial charge is 0.132 e. The molecule has 1 heterocycles. The third kappa shape index (κ3) is 3.47. The van der Waals surface area contributed by atoms with Gasteiger partial charge in [-0.3, -0.25) is 4.68 Å². The maximum Gasteiger partial charge on any atom is 0.132 e. The summed E-state index contributed by atoms with van der Waals surface area (Å²) in [7, 11) is 1.73. The van der Waals surface area contributed by atoms with Crippen molar-refractivity contribution >= 4 is 27.5 Å². The fraction of sp³-hybridized carbons (Fsp3) is 0.400. The van der Waals surface area contributed by atoms with Gasteiger partial charge in [0.25, 0.3) is 0 Å². The number of nitrogens with zero attached hydrogens (tertiary/aromatic N) is 2. The van der Waals surface area contributed by atoms with Gasteiger partial charge in [-0.05, 0) is 29.7 Å². The molecule has 0 aliphatic heterocycles. The minimum absolute atomic E-state index is 0.126. The Morgan fingerprint density at radius 1 is 1.43 bits per heavy atom. The molecule has 0 radical (unpaired) electrons. The Morgan fingerprint density at radius 3 is 2.71 bits per heavy atom. The molecule has 0 fully saturated rings. The molecule has 3 nitrogen and oxygen atoms in total. The van der Waals surface area contributed by atoms with E-state index in [1.54, 1.807) is 19.2 Å². The van der Waals surface area contributed by atoms with Crippen molar-refractivity contribution in [3.8, 4) is 0 Å². The number of halogens is 3. The van der Waals surface area contributed by atoms with Crippen LogP contribution in [-0.2, 0) is 13.5 Å². The molecule has 0 saturated heterocycles. The number of hydrogen-bond acceptors (Lipinski definition) is 2. The second-order valence-electron chi connectivity index (χ2n) is 5.32. The molecule has 6 heteroatoms. The molecule has 1 unspecified atom stereocenters. The summed E-state index contributed by atoms with van der Waals surface area (Å²) < 4.78 is 16.1. The van der Waals surface area contributed by atoms with Gasteiger partial charge in [-0.1, -0.05) is 41.4 Å².